The van der Waals surface area contributed by atoms with Crippen LogP contribution in [0.25, 0.3) is 0 Å². The number of nitrogens with one attached hydrogen (secondary N) is 1. The van der Waals surface area contributed by atoms with Crippen LogP contribution in [0.2, 0.25) is 0 Å². The Morgan fingerprint density at radius 1 is 1.50 bits per heavy atom. The number of benzene rings is 1. The number of ether oxygens (including phenoxy) is 1. The number of rotatable bonds is 6. The van der Waals surface area contributed by atoms with Crippen molar-refractivity contribution in [1.29, 1.82) is 0 Å². The lowest BCUT2D eigenvalue weighted by Crippen LogP contribution is -2.33. The van der Waals surface area contributed by atoms with Crippen LogP contribution < -0.4 is 11.3 Å². The van der Waals surface area contributed by atoms with E-state index in [0.717, 1.165) is 11.3 Å². The van der Waals surface area contributed by atoms with Gasteiger partial charge in [-0.1, -0.05) is 30.3 Å². The largest absolute Gasteiger partial charge is 0.384 e. The van der Waals surface area contributed by atoms with Crippen molar-refractivity contribution in [2.75, 3.05) is 19.5 Å². The molecule has 0 aromatic heterocycles. The third-order valence-electron chi connectivity index (χ3n) is 2.05. The second-order valence-electron chi connectivity index (χ2n) is 3.16. The number of nitrogens with two attached hydrogens (primary N) is 1. The number of carbonyl (C=O) groups excluding carboxylic acids is 1. The average Bonchev–Trinajstić information content (AvgIpc) is 2.35. The SMILES string of the molecule is COCCSC(C(=O)NN)c1ccccc1. The van der Waals surface area contributed by atoms with Crippen LogP contribution in [0.15, 0.2) is 30.3 Å². The van der Waals surface area contributed by atoms with Gasteiger partial charge in [-0.05, 0) is 5.56 Å². The van der Waals surface area contributed by atoms with Gasteiger partial charge in [-0.3, -0.25) is 10.2 Å². The van der Waals surface area contributed by atoms with Crippen LogP contribution in [0.3, 0.4) is 0 Å². The van der Waals surface area contributed by atoms with Crippen molar-refractivity contribution in [3.63, 3.8) is 0 Å². The van der Waals surface area contributed by atoms with Crippen LogP contribution in [0.1, 0.15) is 10.8 Å². The monoisotopic (exact) mass is 240 g/mol. The van der Waals surface area contributed by atoms with E-state index in [2.05, 4.69) is 5.43 Å². The van der Waals surface area contributed by atoms with Crippen molar-refractivity contribution in [2.24, 2.45) is 5.84 Å². The molecule has 1 aromatic carbocycles. The summed E-state index contributed by atoms with van der Waals surface area (Å²) in [5.74, 6) is 5.74. The van der Waals surface area contributed by atoms with E-state index in [9.17, 15) is 4.79 Å². The van der Waals surface area contributed by atoms with Crippen LogP contribution >= 0.6 is 11.8 Å². The van der Waals surface area contributed by atoms with Crippen molar-refractivity contribution >= 4 is 17.7 Å². The first kappa shape index (κ1) is 13.0. The zero-order valence-electron chi connectivity index (χ0n) is 9.18. The molecule has 3 N–H and O–H groups in total. The lowest BCUT2D eigenvalue weighted by Gasteiger charge is -2.14. The van der Waals surface area contributed by atoms with E-state index in [1.165, 1.54) is 11.8 Å². The maximum absolute atomic E-state index is 11.6. The Bertz CT molecular complexity index is 319. The van der Waals surface area contributed by atoms with E-state index < -0.39 is 0 Å². The minimum absolute atomic E-state index is 0.188. The number of amides is 1. The summed E-state index contributed by atoms with van der Waals surface area (Å²) < 4.78 is 4.96. The van der Waals surface area contributed by atoms with Crippen LogP contribution in [-0.4, -0.2) is 25.4 Å². The summed E-state index contributed by atoms with van der Waals surface area (Å²) in [7, 11) is 1.64. The topological polar surface area (TPSA) is 64.3 Å². The quantitative estimate of drug-likeness (QED) is 0.338. The molecule has 0 aliphatic heterocycles. The Morgan fingerprint density at radius 2 is 2.19 bits per heavy atom. The molecule has 0 bridgehead atoms. The van der Waals surface area contributed by atoms with Gasteiger partial charge in [0.05, 0.1) is 6.61 Å². The first-order valence-electron chi connectivity index (χ1n) is 4.95. The summed E-state index contributed by atoms with van der Waals surface area (Å²) in [4.78, 5) is 11.6. The molecule has 5 heteroatoms. The molecule has 0 fully saturated rings. The number of thioether (sulfide) groups is 1. The zero-order valence-corrected chi connectivity index (χ0v) is 10.00. The van der Waals surface area contributed by atoms with Gasteiger partial charge in [-0.15, -0.1) is 11.8 Å². The summed E-state index contributed by atoms with van der Waals surface area (Å²) in [6.07, 6.45) is 0. The van der Waals surface area contributed by atoms with E-state index in [4.69, 9.17) is 10.6 Å². The van der Waals surface area contributed by atoms with Gasteiger partial charge in [0.25, 0.3) is 5.91 Å². The van der Waals surface area contributed by atoms with Crippen molar-refractivity contribution in [3.05, 3.63) is 35.9 Å². The molecule has 0 radical (unpaired) electrons. The third-order valence-corrected chi connectivity index (χ3v) is 3.28. The van der Waals surface area contributed by atoms with Gasteiger partial charge in [-0.2, -0.15) is 0 Å². The molecule has 1 amide bonds. The smallest absolute Gasteiger partial charge is 0.251 e. The van der Waals surface area contributed by atoms with Crippen LogP contribution in [0.5, 0.6) is 0 Å². The Morgan fingerprint density at radius 3 is 2.75 bits per heavy atom. The lowest BCUT2D eigenvalue weighted by molar-refractivity contribution is -0.120. The van der Waals surface area contributed by atoms with E-state index in [-0.39, 0.29) is 11.2 Å². The van der Waals surface area contributed by atoms with E-state index in [0.29, 0.717) is 6.61 Å². The Kier molecular flexibility index (Phi) is 5.92. The highest BCUT2D eigenvalue weighted by Gasteiger charge is 2.19. The summed E-state index contributed by atoms with van der Waals surface area (Å²) in [5, 5.41) is -0.277. The molecule has 1 atom stereocenters. The van der Waals surface area contributed by atoms with Gasteiger partial charge >= 0.3 is 0 Å². The highest BCUT2D eigenvalue weighted by molar-refractivity contribution is 8.00. The van der Waals surface area contributed by atoms with Gasteiger partial charge in [0.15, 0.2) is 0 Å². The number of carbonyl (C=O) groups is 1. The molecule has 0 saturated heterocycles. The number of hydrogen-bond donors (Lipinski definition) is 2. The molecule has 88 valence electrons. The number of hydrogen-bond acceptors (Lipinski definition) is 4. The van der Waals surface area contributed by atoms with Crippen LogP contribution in [0.4, 0.5) is 0 Å². The van der Waals surface area contributed by atoms with Crippen molar-refractivity contribution in [1.82, 2.24) is 5.43 Å². The predicted molar refractivity (Wildman–Crippen MR) is 65.8 cm³/mol. The Balaban J connectivity index is 2.68. The second-order valence-corrected chi connectivity index (χ2v) is 4.38. The number of hydrazine groups is 1. The fraction of sp³-hybridized carbons (Fsp3) is 0.364. The highest BCUT2D eigenvalue weighted by Crippen LogP contribution is 2.28. The van der Waals surface area contributed by atoms with E-state index in [1.807, 2.05) is 30.3 Å². The summed E-state index contributed by atoms with van der Waals surface area (Å²) in [5.41, 5.74) is 3.14. The molecular weight excluding hydrogens is 224 g/mol. The van der Waals surface area contributed by atoms with Gasteiger partial charge < -0.3 is 4.74 Å². The third kappa shape index (κ3) is 3.84. The first-order chi connectivity index (χ1) is 7.79. The Labute approximate surface area is 99.5 Å². The summed E-state index contributed by atoms with van der Waals surface area (Å²) in [6, 6.07) is 9.56. The van der Waals surface area contributed by atoms with Gasteiger partial charge in [0.1, 0.15) is 5.25 Å². The Hall–Kier alpha value is -1.04. The molecule has 1 rings (SSSR count). The highest BCUT2D eigenvalue weighted by atomic mass is 32.2. The van der Waals surface area contributed by atoms with Crippen molar-refractivity contribution in [3.8, 4) is 0 Å². The standard InChI is InChI=1S/C11H16N2O2S/c1-15-7-8-16-10(11(14)13-12)9-5-3-2-4-6-9/h2-6,10H,7-8,12H2,1H3,(H,13,14). The molecule has 0 heterocycles. The fourth-order valence-electron chi connectivity index (χ4n) is 1.28. The van der Waals surface area contributed by atoms with Crippen molar-refractivity contribution in [2.45, 2.75) is 5.25 Å². The summed E-state index contributed by atoms with van der Waals surface area (Å²) in [6.45, 7) is 0.617. The molecule has 4 nitrogen and oxygen atoms in total. The summed E-state index contributed by atoms with van der Waals surface area (Å²) >= 11 is 1.51. The molecule has 0 aliphatic carbocycles. The van der Waals surface area contributed by atoms with Crippen LogP contribution in [-0.2, 0) is 9.53 Å². The van der Waals surface area contributed by atoms with Gasteiger partial charge in [0, 0.05) is 12.9 Å². The fourth-order valence-corrected chi connectivity index (χ4v) is 2.34. The molecule has 0 aliphatic rings. The molecular formula is C11H16N2O2S. The average molecular weight is 240 g/mol. The maximum atomic E-state index is 11.6. The van der Waals surface area contributed by atoms with E-state index >= 15 is 0 Å². The minimum Gasteiger partial charge on any atom is -0.384 e. The second kappa shape index (κ2) is 7.27. The number of methoxy groups -OCH3 is 1. The molecule has 0 spiro atoms. The molecule has 1 unspecified atom stereocenters. The molecule has 0 saturated carbocycles. The molecule has 16 heavy (non-hydrogen) atoms. The zero-order chi connectivity index (χ0) is 11.8. The van der Waals surface area contributed by atoms with E-state index in [1.54, 1.807) is 7.11 Å². The van der Waals surface area contributed by atoms with Crippen LogP contribution in [0, 0.1) is 0 Å². The van der Waals surface area contributed by atoms with Crippen molar-refractivity contribution < 1.29 is 9.53 Å². The molecule has 1 aromatic rings. The van der Waals surface area contributed by atoms with Gasteiger partial charge in [0.2, 0.25) is 0 Å². The lowest BCUT2D eigenvalue weighted by atomic mass is 10.1. The minimum atomic E-state index is -0.277. The maximum Gasteiger partial charge on any atom is 0.251 e. The van der Waals surface area contributed by atoms with Gasteiger partial charge in [-0.25, -0.2) is 5.84 Å². The normalized spacial score (nSPS) is 12.1. The first-order valence-corrected chi connectivity index (χ1v) is 6.00. The predicted octanol–water partition coefficient (Wildman–Crippen LogP) is 1.10.